The van der Waals surface area contributed by atoms with Crippen molar-refractivity contribution in [2.24, 2.45) is 0 Å². The highest BCUT2D eigenvalue weighted by Crippen LogP contribution is 2.25. The second-order valence-electron chi connectivity index (χ2n) is 8.44. The lowest BCUT2D eigenvalue weighted by atomic mass is 9.91. The number of hydrogen-bond acceptors (Lipinski definition) is 4. The van der Waals surface area contributed by atoms with Gasteiger partial charge in [-0.1, -0.05) is 30.3 Å². The standard InChI is InChI=1S/C24H32N6/c1-16-13-23-22(29(16)15-18-7-5-4-6-8-18)14-21(24(26)30(23)17(2)25)28-20-11-9-19(27-3)10-12-20/h4-8,13-14,19-20,25-28H,9-12,15H2,1-3H3. The maximum Gasteiger partial charge on any atom is 0.154 e. The minimum atomic E-state index is 0.364. The van der Waals surface area contributed by atoms with E-state index >= 15 is 0 Å². The van der Waals surface area contributed by atoms with Crippen LogP contribution in [0.5, 0.6) is 0 Å². The van der Waals surface area contributed by atoms with E-state index in [1.165, 1.54) is 5.56 Å². The van der Waals surface area contributed by atoms with Gasteiger partial charge in [-0.05, 0) is 64.3 Å². The highest BCUT2D eigenvalue weighted by molar-refractivity contribution is 5.92. The van der Waals surface area contributed by atoms with Crippen LogP contribution in [-0.4, -0.2) is 34.1 Å². The smallest absolute Gasteiger partial charge is 0.154 e. The lowest BCUT2D eigenvalue weighted by Crippen LogP contribution is -2.37. The summed E-state index contributed by atoms with van der Waals surface area (Å²) in [6.07, 6.45) is 4.49. The van der Waals surface area contributed by atoms with Crippen LogP contribution in [0.15, 0.2) is 42.5 Å². The van der Waals surface area contributed by atoms with E-state index in [2.05, 4.69) is 58.5 Å². The van der Waals surface area contributed by atoms with Gasteiger partial charge in [-0.3, -0.25) is 15.4 Å². The van der Waals surface area contributed by atoms with Crippen LogP contribution in [0.25, 0.3) is 11.0 Å². The summed E-state index contributed by atoms with van der Waals surface area (Å²) >= 11 is 0. The molecule has 6 heteroatoms. The van der Waals surface area contributed by atoms with E-state index in [1.54, 1.807) is 11.5 Å². The number of aryl methyl sites for hydroxylation is 1. The maximum absolute atomic E-state index is 8.79. The molecule has 0 saturated heterocycles. The molecule has 30 heavy (non-hydrogen) atoms. The molecular weight excluding hydrogens is 372 g/mol. The van der Waals surface area contributed by atoms with Crippen LogP contribution in [0.2, 0.25) is 0 Å². The number of hydrogen-bond donors (Lipinski definition) is 4. The largest absolute Gasteiger partial charge is 0.379 e. The summed E-state index contributed by atoms with van der Waals surface area (Å²) in [5.41, 5.74) is 5.54. The highest BCUT2D eigenvalue weighted by Gasteiger charge is 2.21. The van der Waals surface area contributed by atoms with Crippen molar-refractivity contribution < 1.29 is 0 Å². The van der Waals surface area contributed by atoms with Gasteiger partial charge in [-0.25, -0.2) is 0 Å². The van der Waals surface area contributed by atoms with Crippen molar-refractivity contribution in [1.29, 1.82) is 10.8 Å². The molecule has 0 spiro atoms. The van der Waals surface area contributed by atoms with Crippen molar-refractivity contribution in [2.75, 3.05) is 12.4 Å². The molecule has 0 radical (unpaired) electrons. The first-order chi connectivity index (χ1) is 14.5. The van der Waals surface area contributed by atoms with E-state index in [-0.39, 0.29) is 0 Å². The zero-order chi connectivity index (χ0) is 21.3. The zero-order valence-corrected chi connectivity index (χ0v) is 18.1. The molecule has 2 heterocycles. The fourth-order valence-corrected chi connectivity index (χ4v) is 4.64. The monoisotopic (exact) mass is 404 g/mol. The molecule has 4 rings (SSSR count). The molecule has 0 amide bonds. The lowest BCUT2D eigenvalue weighted by Gasteiger charge is -2.29. The average molecular weight is 405 g/mol. The van der Waals surface area contributed by atoms with Gasteiger partial charge in [0.1, 0.15) is 5.84 Å². The van der Waals surface area contributed by atoms with Crippen LogP contribution in [0.4, 0.5) is 5.69 Å². The Morgan fingerprint density at radius 2 is 1.70 bits per heavy atom. The summed E-state index contributed by atoms with van der Waals surface area (Å²) in [6.45, 7) is 4.63. The molecule has 4 N–H and O–H groups in total. The number of anilines is 1. The molecule has 1 saturated carbocycles. The summed E-state index contributed by atoms with van der Waals surface area (Å²) in [7, 11) is 2.03. The first kappa shape index (κ1) is 20.4. The Morgan fingerprint density at radius 3 is 2.33 bits per heavy atom. The van der Waals surface area contributed by atoms with E-state index in [0.29, 0.717) is 23.4 Å². The summed E-state index contributed by atoms with van der Waals surface area (Å²) in [6, 6.07) is 15.6. The first-order valence-electron chi connectivity index (χ1n) is 10.8. The fraction of sp³-hybridized carbons (Fsp3) is 0.417. The van der Waals surface area contributed by atoms with Crippen LogP contribution in [0, 0.1) is 17.7 Å². The Bertz CT molecular complexity index is 1100. The molecule has 0 bridgehead atoms. The molecule has 1 aromatic carbocycles. The SMILES string of the molecule is CNC1CCC(Nc2cc3c(cc(C)n3Cc3ccccc3)n(C(C)=N)c2=N)CC1. The van der Waals surface area contributed by atoms with Crippen LogP contribution in [0.1, 0.15) is 43.9 Å². The van der Waals surface area contributed by atoms with Crippen LogP contribution in [0.3, 0.4) is 0 Å². The van der Waals surface area contributed by atoms with Crippen molar-refractivity contribution in [3.8, 4) is 0 Å². The third-order valence-corrected chi connectivity index (χ3v) is 6.34. The fourth-order valence-electron chi connectivity index (χ4n) is 4.64. The van der Waals surface area contributed by atoms with Crippen molar-refractivity contribution in [3.63, 3.8) is 0 Å². The van der Waals surface area contributed by atoms with Crippen LogP contribution >= 0.6 is 0 Å². The number of aromatic nitrogens is 2. The summed E-state index contributed by atoms with van der Waals surface area (Å²) in [5.74, 6) is 0.365. The third kappa shape index (κ3) is 3.92. The maximum atomic E-state index is 8.79. The molecular formula is C24H32N6. The van der Waals surface area contributed by atoms with E-state index in [1.807, 2.05) is 13.1 Å². The number of nitrogens with one attached hydrogen (secondary N) is 4. The van der Waals surface area contributed by atoms with Crippen molar-refractivity contribution in [2.45, 2.75) is 58.2 Å². The Morgan fingerprint density at radius 1 is 1.03 bits per heavy atom. The average Bonchev–Trinajstić information content (AvgIpc) is 3.04. The van der Waals surface area contributed by atoms with Crippen molar-refractivity contribution >= 4 is 22.6 Å². The third-order valence-electron chi connectivity index (χ3n) is 6.34. The van der Waals surface area contributed by atoms with Gasteiger partial charge >= 0.3 is 0 Å². The lowest BCUT2D eigenvalue weighted by molar-refractivity contribution is 0.371. The van der Waals surface area contributed by atoms with E-state index in [4.69, 9.17) is 10.8 Å². The van der Waals surface area contributed by atoms with Gasteiger partial charge in [-0.15, -0.1) is 0 Å². The second kappa shape index (κ2) is 8.48. The molecule has 3 aromatic rings. The molecule has 1 aliphatic rings. The topological polar surface area (TPSA) is 81.6 Å². The highest BCUT2D eigenvalue weighted by atomic mass is 15.1. The number of fused-ring (bicyclic) bond motifs is 1. The van der Waals surface area contributed by atoms with Crippen molar-refractivity contribution in [1.82, 2.24) is 14.5 Å². The summed E-state index contributed by atoms with van der Waals surface area (Å²) in [4.78, 5) is 0. The minimum Gasteiger partial charge on any atom is -0.379 e. The van der Waals surface area contributed by atoms with E-state index in [9.17, 15) is 0 Å². The predicted octanol–water partition coefficient (Wildman–Crippen LogP) is 4.07. The Balaban J connectivity index is 1.75. The summed E-state index contributed by atoms with van der Waals surface area (Å²) in [5, 5.41) is 24.1. The number of benzene rings is 1. The quantitative estimate of drug-likeness (QED) is 0.382. The normalized spacial score (nSPS) is 19.2. The molecule has 0 atom stereocenters. The van der Waals surface area contributed by atoms with Gasteiger partial charge in [0.15, 0.2) is 5.49 Å². The minimum absolute atomic E-state index is 0.364. The summed E-state index contributed by atoms with van der Waals surface area (Å²) < 4.78 is 4.04. The molecule has 6 nitrogen and oxygen atoms in total. The Hall–Kier alpha value is -2.86. The van der Waals surface area contributed by atoms with Gasteiger partial charge < -0.3 is 15.2 Å². The predicted molar refractivity (Wildman–Crippen MR) is 124 cm³/mol. The van der Waals surface area contributed by atoms with Gasteiger partial charge in [0.25, 0.3) is 0 Å². The van der Waals surface area contributed by atoms with Crippen LogP contribution < -0.4 is 16.1 Å². The number of rotatable bonds is 5. The van der Waals surface area contributed by atoms with Gasteiger partial charge in [0.2, 0.25) is 0 Å². The number of nitrogens with zero attached hydrogens (tertiary/aromatic N) is 2. The van der Waals surface area contributed by atoms with E-state index in [0.717, 1.165) is 54.6 Å². The molecule has 0 aliphatic heterocycles. The number of pyridine rings is 1. The van der Waals surface area contributed by atoms with E-state index < -0.39 is 0 Å². The molecule has 158 valence electrons. The van der Waals surface area contributed by atoms with Crippen molar-refractivity contribution in [3.05, 3.63) is 59.2 Å². The molecule has 2 aromatic heterocycles. The van der Waals surface area contributed by atoms with Gasteiger partial charge in [0, 0.05) is 24.3 Å². The molecule has 1 fully saturated rings. The van der Waals surface area contributed by atoms with Crippen LogP contribution in [-0.2, 0) is 6.54 Å². The first-order valence-corrected chi connectivity index (χ1v) is 10.8. The molecule has 0 unspecified atom stereocenters. The Labute approximate surface area is 177 Å². The molecule has 1 aliphatic carbocycles. The van der Waals surface area contributed by atoms with Gasteiger partial charge in [-0.2, -0.15) is 0 Å². The zero-order valence-electron chi connectivity index (χ0n) is 18.1. The Kier molecular flexibility index (Phi) is 5.77. The second-order valence-corrected chi connectivity index (χ2v) is 8.44. The van der Waals surface area contributed by atoms with Gasteiger partial charge in [0.05, 0.1) is 16.7 Å².